The lowest BCUT2D eigenvalue weighted by Gasteiger charge is -2.00. The molecule has 0 N–H and O–H groups in total. The number of rotatable bonds is 3. The van der Waals surface area contributed by atoms with E-state index in [0.717, 1.165) is 11.1 Å². The summed E-state index contributed by atoms with van der Waals surface area (Å²) in [5.41, 5.74) is 1.84. The monoisotopic (exact) mass is 240 g/mol. The molecule has 0 saturated carbocycles. The van der Waals surface area contributed by atoms with Crippen LogP contribution in [0.5, 0.6) is 0 Å². The lowest BCUT2D eigenvalue weighted by Crippen LogP contribution is -2.02. The van der Waals surface area contributed by atoms with Gasteiger partial charge < -0.3 is 0 Å². The lowest BCUT2D eigenvalue weighted by molar-refractivity contribution is 0.0993. The van der Waals surface area contributed by atoms with Gasteiger partial charge in [0.2, 0.25) is 0 Å². The Labute approximate surface area is 109 Å². The Bertz CT molecular complexity index is 446. The van der Waals surface area contributed by atoms with Crippen molar-refractivity contribution < 1.29 is 4.79 Å². The topological polar surface area (TPSA) is 17.1 Å². The zero-order valence-electron chi connectivity index (χ0n) is 11.1. The molecule has 2 aromatic carbocycles. The SMILES string of the molecule is CCC.O=C(Cc1ccccc1)c1ccccc1. The summed E-state index contributed by atoms with van der Waals surface area (Å²) in [6.45, 7) is 4.25. The Morgan fingerprint density at radius 1 is 0.833 bits per heavy atom. The molecule has 1 heteroatoms. The van der Waals surface area contributed by atoms with Gasteiger partial charge in [-0.2, -0.15) is 0 Å². The average Bonchev–Trinajstić information content (AvgIpc) is 2.42. The number of carbonyl (C=O) groups is 1. The van der Waals surface area contributed by atoms with E-state index in [2.05, 4.69) is 13.8 Å². The molecular formula is C17H20O. The molecule has 0 saturated heterocycles. The van der Waals surface area contributed by atoms with E-state index < -0.39 is 0 Å². The number of ketones is 1. The molecule has 0 unspecified atom stereocenters. The number of hydrogen-bond acceptors (Lipinski definition) is 1. The van der Waals surface area contributed by atoms with Crippen LogP contribution in [0.25, 0.3) is 0 Å². The smallest absolute Gasteiger partial charge is 0.167 e. The van der Waals surface area contributed by atoms with Crippen LogP contribution in [0, 0.1) is 0 Å². The molecule has 0 bridgehead atoms. The van der Waals surface area contributed by atoms with Crippen molar-refractivity contribution in [2.45, 2.75) is 26.7 Å². The molecule has 0 aromatic heterocycles. The largest absolute Gasteiger partial charge is 0.294 e. The van der Waals surface area contributed by atoms with Gasteiger partial charge in [-0.05, 0) is 5.56 Å². The zero-order chi connectivity index (χ0) is 13.2. The van der Waals surface area contributed by atoms with E-state index in [1.165, 1.54) is 6.42 Å². The Morgan fingerprint density at radius 2 is 1.28 bits per heavy atom. The van der Waals surface area contributed by atoms with Gasteiger partial charge in [-0.1, -0.05) is 80.9 Å². The highest BCUT2D eigenvalue weighted by Crippen LogP contribution is 2.06. The highest BCUT2D eigenvalue weighted by Gasteiger charge is 2.05. The molecule has 0 fully saturated rings. The van der Waals surface area contributed by atoms with Crippen molar-refractivity contribution in [1.29, 1.82) is 0 Å². The predicted molar refractivity (Wildman–Crippen MR) is 76.9 cm³/mol. The van der Waals surface area contributed by atoms with Crippen molar-refractivity contribution in [3.05, 3.63) is 71.8 Å². The van der Waals surface area contributed by atoms with Crippen LogP contribution < -0.4 is 0 Å². The summed E-state index contributed by atoms with van der Waals surface area (Å²) in [5, 5.41) is 0. The van der Waals surface area contributed by atoms with Crippen molar-refractivity contribution in [2.75, 3.05) is 0 Å². The summed E-state index contributed by atoms with van der Waals surface area (Å²) in [6, 6.07) is 19.2. The molecular weight excluding hydrogens is 220 g/mol. The first-order valence-electron chi connectivity index (χ1n) is 6.40. The molecule has 0 aliphatic heterocycles. The molecule has 1 nitrogen and oxygen atoms in total. The van der Waals surface area contributed by atoms with Crippen LogP contribution in [0.3, 0.4) is 0 Å². The zero-order valence-corrected chi connectivity index (χ0v) is 11.1. The fourth-order valence-electron chi connectivity index (χ4n) is 1.51. The third-order valence-corrected chi connectivity index (χ3v) is 2.30. The van der Waals surface area contributed by atoms with Gasteiger partial charge in [0, 0.05) is 12.0 Å². The molecule has 0 atom stereocenters. The van der Waals surface area contributed by atoms with Crippen LogP contribution in [-0.4, -0.2) is 5.78 Å². The Kier molecular flexibility index (Phi) is 6.49. The highest BCUT2D eigenvalue weighted by molar-refractivity contribution is 5.97. The van der Waals surface area contributed by atoms with E-state index in [9.17, 15) is 4.79 Å². The second-order valence-electron chi connectivity index (χ2n) is 4.16. The summed E-state index contributed by atoms with van der Waals surface area (Å²) in [7, 11) is 0. The molecule has 2 rings (SSSR count). The molecule has 94 valence electrons. The summed E-state index contributed by atoms with van der Waals surface area (Å²) in [4.78, 5) is 11.8. The third-order valence-electron chi connectivity index (χ3n) is 2.30. The average molecular weight is 240 g/mol. The second kappa shape index (κ2) is 8.24. The van der Waals surface area contributed by atoms with Gasteiger partial charge in [-0.25, -0.2) is 0 Å². The highest BCUT2D eigenvalue weighted by atomic mass is 16.1. The number of benzene rings is 2. The summed E-state index contributed by atoms with van der Waals surface area (Å²) < 4.78 is 0. The van der Waals surface area contributed by atoms with Crippen molar-refractivity contribution in [3.63, 3.8) is 0 Å². The lowest BCUT2D eigenvalue weighted by atomic mass is 10.0. The minimum atomic E-state index is 0.168. The van der Waals surface area contributed by atoms with E-state index in [1.807, 2.05) is 60.7 Å². The van der Waals surface area contributed by atoms with E-state index >= 15 is 0 Å². The van der Waals surface area contributed by atoms with Crippen molar-refractivity contribution in [2.24, 2.45) is 0 Å². The molecule has 0 amide bonds. The van der Waals surface area contributed by atoms with Gasteiger partial charge >= 0.3 is 0 Å². The van der Waals surface area contributed by atoms with Gasteiger partial charge in [0.1, 0.15) is 0 Å². The van der Waals surface area contributed by atoms with Crippen molar-refractivity contribution in [3.8, 4) is 0 Å². The third kappa shape index (κ3) is 4.96. The quantitative estimate of drug-likeness (QED) is 0.720. The van der Waals surface area contributed by atoms with E-state index in [-0.39, 0.29) is 5.78 Å². The predicted octanol–water partition coefficient (Wildman–Crippen LogP) is 4.53. The van der Waals surface area contributed by atoms with Gasteiger partial charge in [0.15, 0.2) is 5.78 Å². The maximum atomic E-state index is 11.8. The first kappa shape index (κ1) is 14.2. The number of carbonyl (C=O) groups excluding carboxylic acids is 1. The van der Waals surface area contributed by atoms with Crippen LogP contribution in [-0.2, 0) is 6.42 Å². The minimum Gasteiger partial charge on any atom is -0.294 e. The molecule has 0 aliphatic rings. The number of hydrogen-bond donors (Lipinski definition) is 0. The van der Waals surface area contributed by atoms with Crippen LogP contribution in [0.1, 0.15) is 36.2 Å². The van der Waals surface area contributed by atoms with Crippen LogP contribution in [0.2, 0.25) is 0 Å². The van der Waals surface area contributed by atoms with E-state index in [0.29, 0.717) is 6.42 Å². The first-order valence-corrected chi connectivity index (χ1v) is 6.40. The molecule has 0 aliphatic carbocycles. The Morgan fingerprint density at radius 3 is 1.78 bits per heavy atom. The minimum absolute atomic E-state index is 0.168. The van der Waals surface area contributed by atoms with Gasteiger partial charge in [-0.3, -0.25) is 4.79 Å². The maximum Gasteiger partial charge on any atom is 0.167 e. The van der Waals surface area contributed by atoms with Crippen LogP contribution in [0.4, 0.5) is 0 Å². The maximum absolute atomic E-state index is 11.8. The Balaban J connectivity index is 0.000000492. The summed E-state index contributed by atoms with van der Waals surface area (Å²) >= 11 is 0. The number of Topliss-reactive ketones (excluding diaryl/α,β-unsaturated/α-hetero) is 1. The normalized spacial score (nSPS) is 9.22. The van der Waals surface area contributed by atoms with E-state index in [1.54, 1.807) is 0 Å². The van der Waals surface area contributed by atoms with E-state index in [4.69, 9.17) is 0 Å². The molecule has 0 spiro atoms. The van der Waals surface area contributed by atoms with Crippen molar-refractivity contribution in [1.82, 2.24) is 0 Å². The fraction of sp³-hybridized carbons (Fsp3) is 0.235. The second-order valence-corrected chi connectivity index (χ2v) is 4.16. The van der Waals surface area contributed by atoms with Crippen molar-refractivity contribution >= 4 is 5.78 Å². The van der Waals surface area contributed by atoms with Gasteiger partial charge in [0.25, 0.3) is 0 Å². The fourth-order valence-corrected chi connectivity index (χ4v) is 1.51. The molecule has 2 aromatic rings. The Hall–Kier alpha value is -1.89. The molecule has 18 heavy (non-hydrogen) atoms. The molecule has 0 heterocycles. The molecule has 0 radical (unpaired) electrons. The summed E-state index contributed by atoms with van der Waals surface area (Å²) in [6.07, 6.45) is 1.73. The van der Waals surface area contributed by atoms with Gasteiger partial charge in [-0.15, -0.1) is 0 Å². The van der Waals surface area contributed by atoms with Crippen LogP contribution in [0.15, 0.2) is 60.7 Å². The summed E-state index contributed by atoms with van der Waals surface area (Å²) in [5.74, 6) is 0.168. The van der Waals surface area contributed by atoms with Gasteiger partial charge in [0.05, 0.1) is 0 Å². The standard InChI is InChI=1S/C14H12O.C3H8/c15-14(13-9-5-2-6-10-13)11-12-7-3-1-4-8-12;1-3-2/h1-10H,11H2;3H2,1-2H3. The first-order chi connectivity index (χ1) is 8.77. The van der Waals surface area contributed by atoms with Crippen LogP contribution >= 0.6 is 0 Å².